The van der Waals surface area contributed by atoms with Crippen molar-refractivity contribution in [1.29, 1.82) is 5.26 Å². The third-order valence-corrected chi connectivity index (χ3v) is 11.6. The van der Waals surface area contributed by atoms with Gasteiger partial charge < -0.3 is 23.8 Å². The monoisotopic (exact) mass is 859 g/mol. The van der Waals surface area contributed by atoms with Crippen molar-refractivity contribution < 1.29 is 50.3 Å². The maximum absolute atomic E-state index is 15.5. The Morgan fingerprint density at radius 2 is 1.77 bits per heavy atom. The van der Waals surface area contributed by atoms with Gasteiger partial charge in [0.15, 0.2) is 22.3 Å². The van der Waals surface area contributed by atoms with Crippen molar-refractivity contribution in [2.75, 3.05) is 61.0 Å². The van der Waals surface area contributed by atoms with Crippen LogP contribution in [0.2, 0.25) is 0 Å². The van der Waals surface area contributed by atoms with Gasteiger partial charge in [0.25, 0.3) is 5.91 Å². The lowest BCUT2D eigenvalue weighted by molar-refractivity contribution is -0.138. The second kappa shape index (κ2) is 15.9. The summed E-state index contributed by atoms with van der Waals surface area (Å²) >= 11 is 5.56. The van der Waals surface area contributed by atoms with Crippen LogP contribution in [-0.2, 0) is 25.4 Å². The molecule has 1 unspecified atom stereocenters. The highest BCUT2D eigenvalue weighted by molar-refractivity contribution is 7.81. The zero-order chi connectivity index (χ0) is 43.4. The molecule has 3 aliphatic heterocycles. The van der Waals surface area contributed by atoms with E-state index in [1.807, 2.05) is 4.90 Å². The molecule has 3 saturated heterocycles. The molecule has 316 valence electrons. The molecule has 19 heteroatoms. The van der Waals surface area contributed by atoms with Gasteiger partial charge in [-0.3, -0.25) is 39.2 Å². The molecule has 3 fully saturated rings. The predicted molar refractivity (Wildman–Crippen MR) is 217 cm³/mol. The van der Waals surface area contributed by atoms with Gasteiger partial charge in [0.1, 0.15) is 17.7 Å². The van der Waals surface area contributed by atoms with Crippen molar-refractivity contribution in [2.24, 2.45) is 0 Å². The zero-order valence-corrected chi connectivity index (χ0v) is 33.5. The SMILES string of the molecule is CC1(C)C(=O)N(c2ccc(C#N)c(C(F)(F)F)c2)C(=S)N1c1ccc(OCCN2CCN(CC(=O)Nc3cc4occ(C5CCC(=O)NC5=O)c4c4ccoc34)CC2)c(F)c1. The van der Waals surface area contributed by atoms with Crippen LogP contribution in [0.4, 0.5) is 34.6 Å². The van der Waals surface area contributed by atoms with E-state index in [9.17, 15) is 37.6 Å². The number of amides is 4. The topological polar surface area (TPSA) is 165 Å². The van der Waals surface area contributed by atoms with Crippen LogP contribution in [0, 0.1) is 17.1 Å². The summed E-state index contributed by atoms with van der Waals surface area (Å²) in [5.74, 6) is -2.92. The van der Waals surface area contributed by atoms with Crippen LogP contribution in [-0.4, -0.2) is 90.0 Å². The molecule has 4 amide bonds. The Hall–Kier alpha value is -6.36. The fourth-order valence-corrected chi connectivity index (χ4v) is 8.61. The fraction of sp³-hybridized carbons (Fsp3) is 0.333. The predicted octanol–water partition coefficient (Wildman–Crippen LogP) is 6.28. The second-order valence-electron chi connectivity index (χ2n) is 15.4. The Kier molecular flexibility index (Phi) is 10.8. The number of alkyl halides is 3. The van der Waals surface area contributed by atoms with E-state index in [4.69, 9.17) is 25.8 Å². The van der Waals surface area contributed by atoms with E-state index in [0.717, 1.165) is 17.0 Å². The normalized spacial score (nSPS) is 18.9. The Morgan fingerprint density at radius 1 is 1.03 bits per heavy atom. The van der Waals surface area contributed by atoms with Crippen molar-refractivity contribution in [1.82, 2.24) is 15.1 Å². The van der Waals surface area contributed by atoms with Gasteiger partial charge >= 0.3 is 6.18 Å². The van der Waals surface area contributed by atoms with E-state index in [1.165, 1.54) is 55.5 Å². The highest BCUT2D eigenvalue weighted by Gasteiger charge is 2.51. The van der Waals surface area contributed by atoms with Crippen molar-refractivity contribution >= 4 is 80.0 Å². The Labute approximate surface area is 350 Å². The number of carbonyl (C=O) groups excluding carboxylic acids is 4. The number of carbonyl (C=O) groups is 4. The molecular weight excluding hydrogens is 823 g/mol. The molecule has 5 heterocycles. The van der Waals surface area contributed by atoms with Gasteiger partial charge in [-0.1, -0.05) is 0 Å². The highest BCUT2D eigenvalue weighted by Crippen LogP contribution is 2.42. The quantitative estimate of drug-likeness (QED) is 0.0920. The number of fused-ring (bicyclic) bond motifs is 3. The number of rotatable bonds is 10. The van der Waals surface area contributed by atoms with E-state index in [1.54, 1.807) is 12.1 Å². The molecule has 2 N–H and O–H groups in total. The van der Waals surface area contributed by atoms with Crippen molar-refractivity contribution in [2.45, 2.75) is 44.3 Å². The van der Waals surface area contributed by atoms with Gasteiger partial charge in [0.2, 0.25) is 17.7 Å². The third-order valence-electron chi connectivity index (χ3n) is 11.2. The molecule has 0 saturated carbocycles. The van der Waals surface area contributed by atoms with Crippen LogP contribution in [0.25, 0.3) is 21.9 Å². The molecule has 8 rings (SSSR count). The number of piperazine rings is 1. The first-order chi connectivity index (χ1) is 29.0. The lowest BCUT2D eigenvalue weighted by Crippen LogP contribution is -2.49. The Morgan fingerprint density at radius 3 is 2.48 bits per heavy atom. The maximum Gasteiger partial charge on any atom is 0.417 e. The fourth-order valence-electron chi connectivity index (χ4n) is 8.09. The van der Waals surface area contributed by atoms with Crippen LogP contribution in [0.15, 0.2) is 69.9 Å². The third kappa shape index (κ3) is 7.77. The van der Waals surface area contributed by atoms with Crippen LogP contribution in [0.3, 0.4) is 0 Å². The molecule has 14 nitrogen and oxygen atoms in total. The summed E-state index contributed by atoms with van der Waals surface area (Å²) in [7, 11) is 0. The van der Waals surface area contributed by atoms with E-state index >= 15 is 4.39 Å². The molecule has 61 heavy (non-hydrogen) atoms. The molecule has 0 spiro atoms. The summed E-state index contributed by atoms with van der Waals surface area (Å²) in [4.78, 5) is 57.5. The first-order valence-electron chi connectivity index (χ1n) is 19.3. The van der Waals surface area contributed by atoms with E-state index in [-0.39, 0.29) is 59.5 Å². The van der Waals surface area contributed by atoms with Gasteiger partial charge in [-0.15, -0.1) is 0 Å². The van der Waals surface area contributed by atoms with Crippen molar-refractivity contribution in [3.05, 3.63) is 83.6 Å². The number of furan rings is 2. The van der Waals surface area contributed by atoms with E-state index in [2.05, 4.69) is 15.5 Å². The summed E-state index contributed by atoms with van der Waals surface area (Å²) in [5.41, 5.74) is -1.23. The first-order valence-corrected chi connectivity index (χ1v) is 19.7. The number of hydrogen-bond acceptors (Lipinski definition) is 11. The number of hydrogen-bond donors (Lipinski definition) is 2. The number of benzene rings is 3. The number of nitriles is 1. The minimum Gasteiger partial charge on any atom is -0.489 e. The van der Waals surface area contributed by atoms with Crippen molar-refractivity contribution in [3.8, 4) is 11.8 Å². The molecule has 5 aromatic rings. The van der Waals surface area contributed by atoms with Crippen LogP contribution in [0.1, 0.15) is 49.3 Å². The molecule has 3 aromatic carbocycles. The molecule has 0 aliphatic carbocycles. The largest absolute Gasteiger partial charge is 0.489 e. The molecule has 3 aliphatic rings. The average Bonchev–Trinajstić information content (AvgIpc) is 3.91. The number of imide groups is 1. The van der Waals surface area contributed by atoms with E-state index < -0.39 is 40.5 Å². The standard InChI is InChI=1S/C42H37F4N7O7S/c1-41(2)39(57)52(24-4-3-23(20-47)29(17-24)42(44,45)46)40(61)53(41)25-5-7-32(30(43)18-25)58-16-14-50-10-12-51(13-11-50)21-35(55)48-31-19-33-36(27-9-15-59-37(27)31)28(22-60-33)26-6-8-34(54)49-38(26)56/h3-5,7,9,15,17-19,22,26H,6,8,10-14,16,21H2,1-2H3,(H,48,55)(H,49,54,56). The first kappa shape index (κ1) is 41.4. The number of nitrogens with zero attached hydrogens (tertiary/aromatic N) is 5. The Bertz CT molecular complexity index is 2660. The van der Waals surface area contributed by atoms with Crippen LogP contribution in [0.5, 0.6) is 5.75 Å². The zero-order valence-electron chi connectivity index (χ0n) is 32.7. The van der Waals surface area contributed by atoms with Crippen LogP contribution >= 0.6 is 12.2 Å². The molecule has 2 aromatic heterocycles. The smallest absolute Gasteiger partial charge is 0.417 e. The van der Waals surface area contributed by atoms with Gasteiger partial charge in [-0.25, -0.2) is 4.39 Å². The molecule has 1 atom stereocenters. The summed E-state index contributed by atoms with van der Waals surface area (Å²) in [5, 5.41) is 15.7. The maximum atomic E-state index is 15.5. The van der Waals surface area contributed by atoms with Gasteiger partial charge in [0, 0.05) is 73.3 Å². The Balaban J connectivity index is 0.840. The van der Waals surface area contributed by atoms with Crippen LogP contribution < -0.4 is 25.2 Å². The highest BCUT2D eigenvalue weighted by atomic mass is 32.1. The summed E-state index contributed by atoms with van der Waals surface area (Å²) in [6.45, 7) is 6.19. The lowest BCUT2D eigenvalue weighted by Gasteiger charge is -2.34. The van der Waals surface area contributed by atoms with Gasteiger partial charge in [-0.05, 0) is 68.9 Å². The minimum absolute atomic E-state index is 0.0438. The van der Waals surface area contributed by atoms with E-state index in [0.29, 0.717) is 78.4 Å². The number of thiocarbonyl (C=S) groups is 1. The lowest BCUT2D eigenvalue weighted by atomic mass is 9.89. The summed E-state index contributed by atoms with van der Waals surface area (Å²) < 4.78 is 74.0. The van der Waals surface area contributed by atoms with Gasteiger partial charge in [-0.2, -0.15) is 18.4 Å². The molecule has 0 bridgehead atoms. The summed E-state index contributed by atoms with van der Waals surface area (Å²) in [6.07, 6.45) is -1.26. The number of piperidine rings is 1. The minimum atomic E-state index is -4.85. The molecule has 0 radical (unpaired) electrons. The second-order valence-corrected chi connectivity index (χ2v) is 15.8. The van der Waals surface area contributed by atoms with Crippen molar-refractivity contribution in [3.63, 3.8) is 0 Å². The number of anilines is 3. The van der Waals surface area contributed by atoms with Gasteiger partial charge in [0.05, 0.1) is 53.6 Å². The number of halogens is 4. The summed E-state index contributed by atoms with van der Waals surface area (Å²) in [6, 6.07) is 11.9. The number of ether oxygens (including phenoxy) is 1. The average molecular weight is 860 g/mol. The number of nitrogens with one attached hydrogen (secondary N) is 2. The molecular formula is C42H37F4N7O7S.